The highest BCUT2D eigenvalue weighted by molar-refractivity contribution is 5.91. The number of rotatable bonds is 4. The van der Waals surface area contributed by atoms with Crippen LogP contribution in [-0.2, 0) is 16.2 Å². The van der Waals surface area contributed by atoms with Crippen LogP contribution in [0.2, 0.25) is 0 Å². The van der Waals surface area contributed by atoms with Gasteiger partial charge >= 0.3 is 0 Å². The van der Waals surface area contributed by atoms with E-state index in [2.05, 4.69) is 186 Å². The number of benzene rings is 6. The molecule has 0 heterocycles. The SMILES string of the molecule is C=CC1=C(/C=C\c2ccc(-c3ccc4c(c3)C3(c5ccccc5-4)c4ccccc4C(C)(C)c4ccccc43)cc2)c2ccccc2C1(C)C. The molecule has 6 aromatic rings. The molecule has 9 rings (SSSR count). The van der Waals surface area contributed by atoms with Gasteiger partial charge < -0.3 is 0 Å². The van der Waals surface area contributed by atoms with Gasteiger partial charge in [0, 0.05) is 10.8 Å². The summed E-state index contributed by atoms with van der Waals surface area (Å²) in [4.78, 5) is 0. The van der Waals surface area contributed by atoms with Crippen molar-refractivity contribution < 1.29 is 0 Å². The van der Waals surface area contributed by atoms with Crippen LogP contribution in [0.25, 0.3) is 33.9 Å². The first-order chi connectivity index (χ1) is 23.8. The third-order valence-electron chi connectivity index (χ3n) is 11.8. The van der Waals surface area contributed by atoms with Crippen LogP contribution in [0.4, 0.5) is 0 Å². The van der Waals surface area contributed by atoms with Crippen molar-refractivity contribution in [2.75, 3.05) is 0 Å². The predicted molar refractivity (Wildman–Crippen MR) is 207 cm³/mol. The van der Waals surface area contributed by atoms with E-state index in [4.69, 9.17) is 0 Å². The lowest BCUT2D eigenvalue weighted by molar-refractivity contribution is 0.563. The lowest BCUT2D eigenvalue weighted by Gasteiger charge is -2.46. The van der Waals surface area contributed by atoms with Crippen LogP contribution in [-0.4, -0.2) is 0 Å². The van der Waals surface area contributed by atoms with E-state index in [9.17, 15) is 0 Å². The molecule has 0 atom stereocenters. The molecule has 0 saturated heterocycles. The van der Waals surface area contributed by atoms with Crippen molar-refractivity contribution in [3.8, 4) is 22.3 Å². The Labute approximate surface area is 290 Å². The van der Waals surface area contributed by atoms with Crippen molar-refractivity contribution in [2.24, 2.45) is 0 Å². The Balaban J connectivity index is 1.16. The summed E-state index contributed by atoms with van der Waals surface area (Å²) in [7, 11) is 0. The van der Waals surface area contributed by atoms with Gasteiger partial charge in [-0.3, -0.25) is 0 Å². The molecule has 0 saturated carbocycles. The molecule has 0 amide bonds. The molecule has 0 unspecified atom stereocenters. The van der Waals surface area contributed by atoms with E-state index in [-0.39, 0.29) is 16.2 Å². The maximum atomic E-state index is 4.18. The third-order valence-corrected chi connectivity index (χ3v) is 11.8. The standard InChI is InChI=1S/C49H40/c1-6-39-37(35-15-7-9-17-40(35)47(39,2)3)29-25-32-23-26-33(27-24-32)34-28-30-38-36-16-8-10-18-41(36)49(46(38)31-34)44-21-13-11-19-42(44)48(4,5)43-20-12-14-22-45(43)49/h6-31H,1H2,2-5H3/b29-25-. The number of fused-ring (bicyclic) bond motifs is 10. The Bertz CT molecular complexity index is 2340. The summed E-state index contributed by atoms with van der Waals surface area (Å²) in [6.07, 6.45) is 6.55. The van der Waals surface area contributed by atoms with Gasteiger partial charge in [0.15, 0.2) is 0 Å². The van der Waals surface area contributed by atoms with Crippen LogP contribution >= 0.6 is 0 Å². The minimum absolute atomic E-state index is 0.0540. The van der Waals surface area contributed by atoms with Gasteiger partial charge in [0.2, 0.25) is 0 Å². The van der Waals surface area contributed by atoms with Crippen LogP contribution < -0.4 is 0 Å². The molecule has 1 spiro atoms. The van der Waals surface area contributed by atoms with E-state index in [0.29, 0.717) is 0 Å². The summed E-state index contributed by atoms with van der Waals surface area (Å²) in [5.74, 6) is 0. The average molecular weight is 629 g/mol. The maximum absolute atomic E-state index is 4.18. The summed E-state index contributed by atoms with van der Waals surface area (Å²) in [6, 6.07) is 52.3. The second-order valence-electron chi connectivity index (χ2n) is 14.9. The summed E-state index contributed by atoms with van der Waals surface area (Å²) < 4.78 is 0. The normalized spacial score (nSPS) is 17.0. The molecular formula is C49H40. The van der Waals surface area contributed by atoms with Crippen LogP contribution in [0.1, 0.15) is 77.8 Å². The van der Waals surface area contributed by atoms with E-state index in [0.717, 1.165) is 0 Å². The zero-order valence-corrected chi connectivity index (χ0v) is 28.7. The minimum Gasteiger partial charge on any atom is -0.0987 e. The van der Waals surface area contributed by atoms with Gasteiger partial charge in [0.1, 0.15) is 0 Å². The first kappa shape index (κ1) is 29.7. The minimum atomic E-state index is -0.380. The first-order valence-corrected chi connectivity index (χ1v) is 17.5. The highest BCUT2D eigenvalue weighted by Crippen LogP contribution is 2.62. The molecule has 0 aromatic heterocycles. The summed E-state index contributed by atoms with van der Waals surface area (Å²) in [6.45, 7) is 13.5. The smallest absolute Gasteiger partial charge is 0.0719 e. The predicted octanol–water partition coefficient (Wildman–Crippen LogP) is 12.3. The van der Waals surface area contributed by atoms with Crippen LogP contribution in [0.3, 0.4) is 0 Å². The van der Waals surface area contributed by atoms with Gasteiger partial charge in [-0.2, -0.15) is 0 Å². The Kier molecular flexibility index (Phi) is 6.37. The Morgan fingerprint density at radius 3 is 1.57 bits per heavy atom. The van der Waals surface area contributed by atoms with E-state index in [1.807, 2.05) is 6.08 Å². The maximum Gasteiger partial charge on any atom is 0.0719 e. The summed E-state index contributed by atoms with van der Waals surface area (Å²) in [5.41, 5.74) is 19.3. The van der Waals surface area contributed by atoms with Gasteiger partial charge in [-0.05, 0) is 89.5 Å². The van der Waals surface area contributed by atoms with Gasteiger partial charge in [0.25, 0.3) is 0 Å². The van der Waals surface area contributed by atoms with Crippen LogP contribution in [0.5, 0.6) is 0 Å². The molecule has 0 fully saturated rings. The molecule has 0 bridgehead atoms. The number of hydrogen-bond acceptors (Lipinski definition) is 0. The molecule has 236 valence electrons. The quantitative estimate of drug-likeness (QED) is 0.182. The number of hydrogen-bond donors (Lipinski definition) is 0. The van der Waals surface area contributed by atoms with Crippen molar-refractivity contribution in [3.05, 3.63) is 214 Å². The van der Waals surface area contributed by atoms with Gasteiger partial charge in [-0.25, -0.2) is 0 Å². The molecule has 6 aromatic carbocycles. The molecule has 0 aliphatic heterocycles. The topological polar surface area (TPSA) is 0 Å². The van der Waals surface area contributed by atoms with E-state index >= 15 is 0 Å². The molecule has 3 aliphatic rings. The van der Waals surface area contributed by atoms with Crippen molar-refractivity contribution in [3.63, 3.8) is 0 Å². The van der Waals surface area contributed by atoms with E-state index < -0.39 is 0 Å². The fourth-order valence-corrected chi connectivity index (χ4v) is 9.44. The lowest BCUT2D eigenvalue weighted by atomic mass is 9.55. The molecular weight excluding hydrogens is 589 g/mol. The van der Waals surface area contributed by atoms with Crippen molar-refractivity contribution >= 4 is 11.6 Å². The average Bonchev–Trinajstić information content (AvgIpc) is 3.55. The number of allylic oxidation sites excluding steroid dienone is 4. The molecule has 0 nitrogen and oxygen atoms in total. The fourth-order valence-electron chi connectivity index (χ4n) is 9.44. The van der Waals surface area contributed by atoms with E-state index in [1.165, 1.54) is 83.5 Å². The third kappa shape index (κ3) is 3.98. The van der Waals surface area contributed by atoms with Crippen molar-refractivity contribution in [2.45, 2.75) is 43.9 Å². The Morgan fingerprint density at radius 1 is 0.429 bits per heavy atom. The second kappa shape index (κ2) is 10.5. The Hall–Kier alpha value is -5.46. The Morgan fingerprint density at radius 2 is 0.939 bits per heavy atom. The monoisotopic (exact) mass is 628 g/mol. The highest BCUT2D eigenvalue weighted by atomic mass is 14.5. The zero-order chi connectivity index (χ0) is 33.5. The van der Waals surface area contributed by atoms with Crippen LogP contribution in [0, 0.1) is 0 Å². The van der Waals surface area contributed by atoms with E-state index in [1.54, 1.807) is 0 Å². The van der Waals surface area contributed by atoms with Crippen molar-refractivity contribution in [1.82, 2.24) is 0 Å². The molecule has 0 N–H and O–H groups in total. The van der Waals surface area contributed by atoms with Gasteiger partial charge in [-0.1, -0.05) is 186 Å². The zero-order valence-electron chi connectivity index (χ0n) is 28.7. The van der Waals surface area contributed by atoms with Crippen LogP contribution in [0.15, 0.2) is 164 Å². The van der Waals surface area contributed by atoms with Gasteiger partial charge in [-0.15, -0.1) is 0 Å². The first-order valence-electron chi connectivity index (χ1n) is 17.5. The second-order valence-corrected chi connectivity index (χ2v) is 14.9. The molecule has 0 heteroatoms. The summed E-state index contributed by atoms with van der Waals surface area (Å²) in [5, 5.41) is 0. The molecule has 49 heavy (non-hydrogen) atoms. The fraction of sp³-hybridized carbons (Fsp3) is 0.143. The largest absolute Gasteiger partial charge is 0.0987 e. The van der Waals surface area contributed by atoms with Crippen molar-refractivity contribution in [1.29, 1.82) is 0 Å². The molecule has 3 aliphatic carbocycles. The van der Waals surface area contributed by atoms with Gasteiger partial charge in [0.05, 0.1) is 5.41 Å². The summed E-state index contributed by atoms with van der Waals surface area (Å²) >= 11 is 0. The molecule has 0 radical (unpaired) electrons. The lowest BCUT2D eigenvalue weighted by Crippen LogP contribution is -2.40. The highest BCUT2D eigenvalue weighted by Gasteiger charge is 2.53.